The Hall–Kier alpha value is -2.65. The minimum Gasteiger partial charge on any atom is -0.496 e. The smallest absolute Gasteiger partial charge is 0.297 e. The first-order valence-corrected chi connectivity index (χ1v) is 10.9. The molecule has 0 radical (unpaired) electrons. The van der Waals surface area contributed by atoms with E-state index in [0.717, 1.165) is 35.8 Å². The fourth-order valence-corrected chi connectivity index (χ4v) is 4.90. The first kappa shape index (κ1) is 21.1. The summed E-state index contributed by atoms with van der Waals surface area (Å²) in [4.78, 5) is 13.4. The molecule has 29 heavy (non-hydrogen) atoms. The summed E-state index contributed by atoms with van der Waals surface area (Å²) in [6.07, 6.45) is 2.15. The third-order valence-electron chi connectivity index (χ3n) is 5.07. The second-order valence-electron chi connectivity index (χ2n) is 7.05. The highest BCUT2D eigenvalue weighted by atomic mass is 32.2. The largest absolute Gasteiger partial charge is 0.496 e. The number of ether oxygens (including phenoxy) is 1. The van der Waals surface area contributed by atoms with Crippen LogP contribution in [0, 0.1) is 17.0 Å². The lowest BCUT2D eigenvalue weighted by atomic mass is 10.2. The maximum absolute atomic E-state index is 13.4. The second kappa shape index (κ2) is 8.79. The molecule has 1 saturated heterocycles. The monoisotopic (exact) mass is 419 g/mol. The number of likely N-dealkylation sites (tertiary alicyclic amines) is 1. The van der Waals surface area contributed by atoms with Crippen molar-refractivity contribution in [2.75, 3.05) is 37.6 Å². The Bertz CT molecular complexity index is 970. The van der Waals surface area contributed by atoms with Crippen molar-refractivity contribution >= 4 is 21.4 Å². The number of rotatable bonds is 8. The van der Waals surface area contributed by atoms with Gasteiger partial charge in [0.05, 0.1) is 23.0 Å². The van der Waals surface area contributed by atoms with Gasteiger partial charge in [-0.3, -0.25) is 14.4 Å². The van der Waals surface area contributed by atoms with E-state index in [0.29, 0.717) is 12.3 Å². The van der Waals surface area contributed by atoms with Gasteiger partial charge >= 0.3 is 0 Å². The van der Waals surface area contributed by atoms with E-state index in [2.05, 4.69) is 4.90 Å². The van der Waals surface area contributed by atoms with Crippen molar-refractivity contribution in [3.8, 4) is 5.75 Å². The summed E-state index contributed by atoms with van der Waals surface area (Å²) >= 11 is 0. The molecule has 0 spiro atoms. The number of hydrogen-bond acceptors (Lipinski definition) is 6. The molecule has 0 aliphatic carbocycles. The van der Waals surface area contributed by atoms with E-state index in [1.807, 2.05) is 6.92 Å². The number of sulfonamides is 1. The van der Waals surface area contributed by atoms with Gasteiger partial charge in [-0.15, -0.1) is 0 Å². The van der Waals surface area contributed by atoms with Gasteiger partial charge in [0.15, 0.2) is 0 Å². The molecular formula is C20H25N3O5S. The number of methoxy groups -OCH3 is 1. The molecule has 1 fully saturated rings. The normalized spacial score (nSPS) is 14.7. The van der Waals surface area contributed by atoms with Crippen molar-refractivity contribution < 1.29 is 18.1 Å². The maximum Gasteiger partial charge on any atom is 0.297 e. The number of hydrogen-bond donors (Lipinski definition) is 0. The van der Waals surface area contributed by atoms with Gasteiger partial charge < -0.3 is 9.64 Å². The van der Waals surface area contributed by atoms with E-state index < -0.39 is 14.9 Å². The highest BCUT2D eigenvalue weighted by molar-refractivity contribution is 7.92. The summed E-state index contributed by atoms with van der Waals surface area (Å²) in [7, 11) is -2.57. The van der Waals surface area contributed by atoms with Crippen molar-refractivity contribution in [3.63, 3.8) is 0 Å². The third kappa shape index (κ3) is 4.68. The summed E-state index contributed by atoms with van der Waals surface area (Å²) in [5.74, 6) is 0.299. The Morgan fingerprint density at radius 3 is 2.38 bits per heavy atom. The van der Waals surface area contributed by atoms with Crippen LogP contribution in [0.4, 0.5) is 11.4 Å². The van der Waals surface area contributed by atoms with Crippen LogP contribution in [0.5, 0.6) is 5.75 Å². The number of nitrogens with zero attached hydrogens (tertiary/aromatic N) is 3. The molecule has 1 heterocycles. The molecule has 3 rings (SSSR count). The Morgan fingerprint density at radius 2 is 1.79 bits per heavy atom. The summed E-state index contributed by atoms with van der Waals surface area (Å²) < 4.78 is 33.1. The lowest BCUT2D eigenvalue weighted by molar-refractivity contribution is -0.384. The van der Waals surface area contributed by atoms with Crippen molar-refractivity contribution in [1.29, 1.82) is 0 Å². The predicted molar refractivity (Wildman–Crippen MR) is 111 cm³/mol. The number of anilines is 1. The van der Waals surface area contributed by atoms with E-state index in [-0.39, 0.29) is 22.8 Å². The highest BCUT2D eigenvalue weighted by Crippen LogP contribution is 2.35. The van der Waals surface area contributed by atoms with Crippen LogP contribution < -0.4 is 9.04 Å². The molecule has 0 bridgehead atoms. The highest BCUT2D eigenvalue weighted by Gasteiger charge is 2.31. The van der Waals surface area contributed by atoms with Crippen molar-refractivity contribution in [1.82, 2.24) is 4.90 Å². The Labute approximate surface area is 170 Å². The van der Waals surface area contributed by atoms with Crippen LogP contribution in [0.3, 0.4) is 0 Å². The summed E-state index contributed by atoms with van der Waals surface area (Å²) in [6.45, 7) is 4.32. The van der Waals surface area contributed by atoms with Gasteiger partial charge in [-0.05, 0) is 57.1 Å². The molecule has 1 aliphatic rings. The molecule has 9 heteroatoms. The van der Waals surface area contributed by atoms with Gasteiger partial charge in [-0.2, -0.15) is 0 Å². The lowest BCUT2D eigenvalue weighted by Gasteiger charge is -2.26. The van der Waals surface area contributed by atoms with Crippen LogP contribution >= 0.6 is 0 Å². The molecule has 2 aromatic carbocycles. The fraction of sp³-hybridized carbons (Fsp3) is 0.400. The maximum atomic E-state index is 13.4. The number of benzene rings is 2. The van der Waals surface area contributed by atoms with Crippen LogP contribution in [0.1, 0.15) is 18.4 Å². The van der Waals surface area contributed by atoms with Gasteiger partial charge in [0.2, 0.25) is 0 Å². The zero-order chi connectivity index (χ0) is 21.0. The van der Waals surface area contributed by atoms with Gasteiger partial charge in [0.25, 0.3) is 15.7 Å². The number of nitro groups is 1. The molecule has 0 amide bonds. The van der Waals surface area contributed by atoms with E-state index in [1.165, 1.54) is 37.4 Å². The zero-order valence-electron chi connectivity index (χ0n) is 16.6. The molecule has 0 N–H and O–H groups in total. The average molecular weight is 420 g/mol. The first-order chi connectivity index (χ1) is 13.8. The molecule has 2 aromatic rings. The van der Waals surface area contributed by atoms with Crippen molar-refractivity contribution in [2.24, 2.45) is 0 Å². The van der Waals surface area contributed by atoms with Crippen molar-refractivity contribution in [3.05, 3.63) is 58.1 Å². The molecule has 1 aliphatic heterocycles. The Kier molecular flexibility index (Phi) is 6.39. The molecule has 0 aromatic heterocycles. The summed E-state index contributed by atoms with van der Waals surface area (Å²) in [5.41, 5.74) is 0.667. The van der Waals surface area contributed by atoms with E-state index in [9.17, 15) is 18.5 Å². The Balaban J connectivity index is 2.05. The van der Waals surface area contributed by atoms with Crippen LogP contribution in [0.25, 0.3) is 0 Å². The van der Waals surface area contributed by atoms with Crippen LogP contribution in [-0.2, 0) is 10.0 Å². The molecule has 8 nitrogen and oxygen atoms in total. The SMILES string of the molecule is COc1ccc(N(CCN2CCCC2)S(=O)(=O)c2ccc(C)cc2)c([N+](=O)[O-])c1. The predicted octanol–water partition coefficient (Wildman–Crippen LogP) is 3.20. The quantitative estimate of drug-likeness (QED) is 0.482. The molecule has 0 atom stereocenters. The van der Waals surface area contributed by atoms with Gasteiger partial charge in [-0.1, -0.05) is 17.7 Å². The molecular weight excluding hydrogens is 394 g/mol. The summed E-state index contributed by atoms with van der Waals surface area (Å²) in [6, 6.07) is 10.7. The third-order valence-corrected chi connectivity index (χ3v) is 6.90. The van der Waals surface area contributed by atoms with Crippen molar-refractivity contribution in [2.45, 2.75) is 24.7 Å². The van der Waals surface area contributed by atoms with Gasteiger partial charge in [0.1, 0.15) is 11.4 Å². The van der Waals surface area contributed by atoms with E-state index in [4.69, 9.17) is 4.74 Å². The zero-order valence-corrected chi connectivity index (χ0v) is 17.4. The summed E-state index contributed by atoms with van der Waals surface area (Å²) in [5, 5.41) is 11.7. The number of nitro benzene ring substituents is 1. The fourth-order valence-electron chi connectivity index (χ4n) is 3.43. The first-order valence-electron chi connectivity index (χ1n) is 9.47. The average Bonchev–Trinajstić information content (AvgIpc) is 3.22. The van der Waals surface area contributed by atoms with Crippen LogP contribution in [0.2, 0.25) is 0 Å². The molecule has 156 valence electrons. The standard InChI is InChI=1S/C20H25N3O5S/c1-16-5-8-18(9-6-16)29(26,27)22(14-13-21-11-3-4-12-21)19-10-7-17(28-2)15-20(19)23(24)25/h5-10,15H,3-4,11-14H2,1-2H3. The second-order valence-corrected chi connectivity index (χ2v) is 8.91. The van der Waals surface area contributed by atoms with Crippen LogP contribution in [-0.4, -0.2) is 51.5 Å². The van der Waals surface area contributed by atoms with Crippen LogP contribution in [0.15, 0.2) is 47.4 Å². The molecule has 0 unspecified atom stereocenters. The number of aryl methyl sites for hydroxylation is 1. The minimum absolute atomic E-state index is 0.0376. The topological polar surface area (TPSA) is 93.0 Å². The Morgan fingerprint density at radius 1 is 1.14 bits per heavy atom. The molecule has 0 saturated carbocycles. The van der Waals surface area contributed by atoms with E-state index >= 15 is 0 Å². The van der Waals surface area contributed by atoms with Gasteiger partial charge in [-0.25, -0.2) is 8.42 Å². The minimum atomic E-state index is -3.98. The van der Waals surface area contributed by atoms with E-state index in [1.54, 1.807) is 12.1 Å². The lowest BCUT2D eigenvalue weighted by Crippen LogP contribution is -2.38. The van der Waals surface area contributed by atoms with Gasteiger partial charge in [0, 0.05) is 13.1 Å².